The van der Waals surface area contributed by atoms with Crippen LogP contribution >= 0.6 is 0 Å². The normalized spacial score (nSPS) is 9.67. The van der Waals surface area contributed by atoms with E-state index in [0.29, 0.717) is 12.2 Å². The molecule has 0 aliphatic carbocycles. The predicted molar refractivity (Wildman–Crippen MR) is 56.2 cm³/mol. The molecule has 0 amide bonds. The highest BCUT2D eigenvalue weighted by Gasteiger charge is 2.11. The molecule has 0 bridgehead atoms. The number of para-hydroxylation sites is 1. The van der Waals surface area contributed by atoms with E-state index in [-0.39, 0.29) is 17.9 Å². The summed E-state index contributed by atoms with van der Waals surface area (Å²) in [6.45, 7) is 2.01. The molecular weight excluding hydrogens is 194 g/mol. The van der Waals surface area contributed by atoms with E-state index in [9.17, 15) is 9.90 Å². The van der Waals surface area contributed by atoms with Crippen LogP contribution in [-0.4, -0.2) is 23.4 Å². The number of aromatic hydroxyl groups is 1. The fraction of sp³-hybridized carbons (Fsp3) is 0.273. The molecule has 0 atom stereocenters. The van der Waals surface area contributed by atoms with Gasteiger partial charge in [0, 0.05) is 5.56 Å². The lowest BCUT2D eigenvalue weighted by atomic mass is 10.1. The average Bonchev–Trinajstić information content (AvgIpc) is 2.18. The molecule has 4 heteroatoms. The van der Waals surface area contributed by atoms with Gasteiger partial charge in [-0.15, -0.1) is 0 Å². The van der Waals surface area contributed by atoms with Crippen molar-refractivity contribution in [1.29, 1.82) is 5.41 Å². The van der Waals surface area contributed by atoms with E-state index in [1.165, 1.54) is 6.07 Å². The summed E-state index contributed by atoms with van der Waals surface area (Å²) < 4.78 is 4.71. The molecule has 0 unspecified atom stereocenters. The summed E-state index contributed by atoms with van der Waals surface area (Å²) >= 11 is 0. The van der Waals surface area contributed by atoms with Crippen molar-refractivity contribution in [3.63, 3.8) is 0 Å². The van der Waals surface area contributed by atoms with Crippen molar-refractivity contribution >= 4 is 11.7 Å². The van der Waals surface area contributed by atoms with E-state index in [0.717, 1.165) is 0 Å². The summed E-state index contributed by atoms with van der Waals surface area (Å²) in [4.78, 5) is 11.1. The molecule has 1 rings (SSSR count). The minimum absolute atomic E-state index is 0.00629. The maximum Gasteiger partial charge on any atom is 0.311 e. The second-order valence-corrected chi connectivity index (χ2v) is 2.98. The molecule has 0 saturated carbocycles. The Morgan fingerprint density at radius 2 is 2.13 bits per heavy atom. The van der Waals surface area contributed by atoms with Crippen molar-refractivity contribution in [3.8, 4) is 5.75 Å². The van der Waals surface area contributed by atoms with Crippen LogP contribution in [0.5, 0.6) is 5.75 Å². The van der Waals surface area contributed by atoms with Gasteiger partial charge >= 0.3 is 5.97 Å². The maximum absolute atomic E-state index is 11.1. The summed E-state index contributed by atoms with van der Waals surface area (Å²) in [6, 6.07) is 6.44. The minimum atomic E-state index is -0.453. The van der Waals surface area contributed by atoms with Gasteiger partial charge in [0.15, 0.2) is 0 Å². The van der Waals surface area contributed by atoms with Crippen molar-refractivity contribution in [2.75, 3.05) is 6.61 Å². The third-order valence-corrected chi connectivity index (χ3v) is 1.86. The Morgan fingerprint density at radius 3 is 2.73 bits per heavy atom. The fourth-order valence-electron chi connectivity index (χ4n) is 1.18. The Kier molecular flexibility index (Phi) is 3.85. The lowest BCUT2D eigenvalue weighted by Gasteiger charge is -2.05. The molecular formula is C11H13NO3. The molecule has 0 radical (unpaired) electrons. The minimum Gasteiger partial charge on any atom is -0.507 e. The van der Waals surface area contributed by atoms with Crippen LogP contribution in [-0.2, 0) is 9.53 Å². The Hall–Kier alpha value is -1.84. The largest absolute Gasteiger partial charge is 0.507 e. The van der Waals surface area contributed by atoms with Gasteiger partial charge in [-0.05, 0) is 19.1 Å². The number of esters is 1. The number of carbonyl (C=O) groups is 1. The van der Waals surface area contributed by atoms with Crippen LogP contribution in [0.4, 0.5) is 0 Å². The molecule has 0 aliphatic heterocycles. The Balaban J connectivity index is 2.70. The molecule has 2 N–H and O–H groups in total. The van der Waals surface area contributed by atoms with Gasteiger partial charge in [0.1, 0.15) is 5.75 Å². The summed E-state index contributed by atoms with van der Waals surface area (Å²) in [7, 11) is 0. The lowest BCUT2D eigenvalue weighted by Crippen LogP contribution is -2.11. The van der Waals surface area contributed by atoms with Gasteiger partial charge in [-0.2, -0.15) is 0 Å². The van der Waals surface area contributed by atoms with E-state index >= 15 is 0 Å². The molecule has 0 aliphatic rings. The molecule has 1 aromatic rings. The number of rotatable bonds is 4. The third-order valence-electron chi connectivity index (χ3n) is 1.86. The topological polar surface area (TPSA) is 70.4 Å². The molecule has 15 heavy (non-hydrogen) atoms. The standard InChI is InChI=1S/C11H13NO3/c1-2-15-11(14)7-9(12)8-5-3-4-6-10(8)13/h3-6,12-13H,2,7H2,1H3. The number of benzene rings is 1. The number of hydrogen-bond donors (Lipinski definition) is 2. The van der Waals surface area contributed by atoms with Crippen molar-refractivity contribution in [2.24, 2.45) is 0 Å². The van der Waals surface area contributed by atoms with Crippen LogP contribution in [0.3, 0.4) is 0 Å². The van der Waals surface area contributed by atoms with E-state index in [1.807, 2.05) is 0 Å². The van der Waals surface area contributed by atoms with Gasteiger partial charge in [-0.1, -0.05) is 12.1 Å². The fourth-order valence-corrected chi connectivity index (χ4v) is 1.18. The van der Waals surface area contributed by atoms with Gasteiger partial charge in [0.25, 0.3) is 0 Å². The number of phenols is 1. The van der Waals surface area contributed by atoms with Crippen LogP contribution in [0.2, 0.25) is 0 Å². The third kappa shape index (κ3) is 3.09. The number of nitrogens with one attached hydrogen (secondary N) is 1. The Bertz CT molecular complexity index is 374. The molecule has 4 nitrogen and oxygen atoms in total. The van der Waals surface area contributed by atoms with Crippen LogP contribution in [0.15, 0.2) is 24.3 Å². The summed E-state index contributed by atoms with van der Waals surface area (Å²) in [5.41, 5.74) is 0.428. The Labute approximate surface area is 88.0 Å². The van der Waals surface area contributed by atoms with E-state index in [2.05, 4.69) is 0 Å². The summed E-state index contributed by atoms with van der Waals surface area (Å²) in [5.74, 6) is -0.447. The SMILES string of the molecule is CCOC(=O)CC(=N)c1ccccc1O. The van der Waals surface area contributed by atoms with Crippen molar-refractivity contribution in [3.05, 3.63) is 29.8 Å². The smallest absolute Gasteiger partial charge is 0.311 e. The first kappa shape index (κ1) is 11.2. The molecule has 80 valence electrons. The first-order valence-electron chi connectivity index (χ1n) is 4.66. The zero-order valence-electron chi connectivity index (χ0n) is 8.49. The van der Waals surface area contributed by atoms with Crippen LogP contribution < -0.4 is 0 Å². The first-order valence-corrected chi connectivity index (χ1v) is 4.66. The number of hydrogen-bond acceptors (Lipinski definition) is 4. The predicted octanol–water partition coefficient (Wildman–Crippen LogP) is 1.71. The van der Waals surface area contributed by atoms with Gasteiger partial charge < -0.3 is 15.3 Å². The zero-order chi connectivity index (χ0) is 11.3. The highest BCUT2D eigenvalue weighted by Crippen LogP contribution is 2.17. The summed E-state index contributed by atoms with van der Waals surface area (Å²) in [5, 5.41) is 17.0. The number of ether oxygens (including phenoxy) is 1. The van der Waals surface area contributed by atoms with Gasteiger partial charge in [0.2, 0.25) is 0 Å². The van der Waals surface area contributed by atoms with Gasteiger partial charge in [0.05, 0.1) is 18.7 Å². The van der Waals surface area contributed by atoms with Crippen molar-refractivity contribution in [1.82, 2.24) is 0 Å². The van der Waals surface area contributed by atoms with Crippen LogP contribution in [0.25, 0.3) is 0 Å². The second-order valence-electron chi connectivity index (χ2n) is 2.98. The molecule has 1 aromatic carbocycles. The number of carbonyl (C=O) groups excluding carboxylic acids is 1. The molecule has 0 aromatic heterocycles. The van der Waals surface area contributed by atoms with Gasteiger partial charge in [-0.3, -0.25) is 4.79 Å². The van der Waals surface area contributed by atoms with Crippen LogP contribution in [0, 0.1) is 5.41 Å². The zero-order valence-corrected chi connectivity index (χ0v) is 8.49. The van der Waals surface area contributed by atoms with E-state index < -0.39 is 5.97 Å². The molecule has 0 saturated heterocycles. The Morgan fingerprint density at radius 1 is 1.47 bits per heavy atom. The highest BCUT2D eigenvalue weighted by atomic mass is 16.5. The first-order chi connectivity index (χ1) is 7.15. The maximum atomic E-state index is 11.1. The monoisotopic (exact) mass is 207 g/mol. The van der Waals surface area contributed by atoms with Crippen LogP contribution in [0.1, 0.15) is 18.9 Å². The quantitative estimate of drug-likeness (QED) is 0.583. The average molecular weight is 207 g/mol. The van der Waals surface area contributed by atoms with E-state index in [4.69, 9.17) is 10.1 Å². The summed E-state index contributed by atoms with van der Waals surface area (Å²) in [6.07, 6.45) is -0.120. The van der Waals surface area contributed by atoms with Crippen molar-refractivity contribution in [2.45, 2.75) is 13.3 Å². The van der Waals surface area contributed by atoms with E-state index in [1.54, 1.807) is 25.1 Å². The second kappa shape index (κ2) is 5.14. The molecule has 0 fully saturated rings. The molecule has 0 spiro atoms. The number of phenolic OH excluding ortho intramolecular Hbond substituents is 1. The van der Waals surface area contributed by atoms with Gasteiger partial charge in [-0.25, -0.2) is 0 Å². The lowest BCUT2D eigenvalue weighted by molar-refractivity contribution is -0.141. The highest BCUT2D eigenvalue weighted by molar-refractivity contribution is 6.08. The molecule has 0 heterocycles. The van der Waals surface area contributed by atoms with Crippen molar-refractivity contribution < 1.29 is 14.6 Å².